The Kier molecular flexibility index (Phi) is 5.96. The maximum Gasteiger partial charge on any atom is 0.251 e. The molecule has 0 aliphatic carbocycles. The van der Waals surface area contributed by atoms with E-state index in [1.807, 2.05) is 66.3 Å². The molecule has 1 amide bonds. The summed E-state index contributed by atoms with van der Waals surface area (Å²) >= 11 is 1.67. The molecule has 1 aromatic heterocycles. The van der Waals surface area contributed by atoms with E-state index in [9.17, 15) is 4.79 Å². The number of aromatic nitrogens is 2. The van der Waals surface area contributed by atoms with Gasteiger partial charge < -0.3 is 14.6 Å². The van der Waals surface area contributed by atoms with Crippen LogP contribution in [-0.2, 0) is 19.3 Å². The Morgan fingerprint density at radius 1 is 1.19 bits per heavy atom. The molecule has 0 aliphatic rings. The molecule has 26 heavy (non-hydrogen) atoms. The minimum absolute atomic E-state index is 0.0980. The number of nitrogens with zero attached hydrogens (tertiary/aromatic N) is 2. The summed E-state index contributed by atoms with van der Waals surface area (Å²) in [5.41, 5.74) is 2.75. The van der Waals surface area contributed by atoms with E-state index < -0.39 is 0 Å². The number of hydrogen-bond donors (Lipinski definition) is 1. The van der Waals surface area contributed by atoms with E-state index in [-0.39, 0.29) is 5.91 Å². The molecule has 5 nitrogen and oxygen atoms in total. The molecule has 0 atom stereocenters. The summed E-state index contributed by atoms with van der Waals surface area (Å²) < 4.78 is 7.29. The Hall–Kier alpha value is -2.73. The van der Waals surface area contributed by atoms with E-state index >= 15 is 0 Å². The lowest BCUT2D eigenvalue weighted by Gasteiger charge is -2.10. The van der Waals surface area contributed by atoms with Crippen LogP contribution in [0.2, 0.25) is 0 Å². The largest absolute Gasteiger partial charge is 0.496 e. The van der Waals surface area contributed by atoms with Gasteiger partial charge in [-0.1, -0.05) is 42.1 Å². The van der Waals surface area contributed by atoms with Crippen LogP contribution in [0.5, 0.6) is 5.75 Å². The zero-order valence-electron chi connectivity index (χ0n) is 14.8. The fourth-order valence-electron chi connectivity index (χ4n) is 2.52. The van der Waals surface area contributed by atoms with Gasteiger partial charge in [0.15, 0.2) is 5.16 Å². The number of amides is 1. The molecule has 134 valence electrons. The average Bonchev–Trinajstić information content (AvgIpc) is 3.10. The Morgan fingerprint density at radius 2 is 1.96 bits per heavy atom. The quantitative estimate of drug-likeness (QED) is 0.648. The summed E-state index contributed by atoms with van der Waals surface area (Å²) in [6.07, 6.45) is 3.72. The molecule has 3 aromatic rings. The molecule has 3 rings (SSSR count). The van der Waals surface area contributed by atoms with Crippen LogP contribution in [0.1, 0.15) is 21.5 Å². The molecule has 0 saturated heterocycles. The maximum absolute atomic E-state index is 12.3. The minimum Gasteiger partial charge on any atom is -0.496 e. The number of nitrogens with one attached hydrogen (secondary N) is 1. The van der Waals surface area contributed by atoms with E-state index in [1.165, 1.54) is 0 Å². The average molecular weight is 367 g/mol. The number of benzene rings is 2. The number of rotatable bonds is 7. The number of carbonyl (C=O) groups is 1. The van der Waals surface area contributed by atoms with Crippen molar-refractivity contribution in [2.24, 2.45) is 7.05 Å². The predicted octanol–water partition coefficient (Wildman–Crippen LogP) is 3.65. The lowest BCUT2D eigenvalue weighted by Crippen LogP contribution is -2.23. The van der Waals surface area contributed by atoms with Crippen LogP contribution >= 0.6 is 11.8 Å². The van der Waals surface area contributed by atoms with Crippen molar-refractivity contribution in [3.63, 3.8) is 0 Å². The monoisotopic (exact) mass is 367 g/mol. The molecule has 0 saturated carbocycles. The van der Waals surface area contributed by atoms with Gasteiger partial charge in [-0.3, -0.25) is 4.79 Å². The van der Waals surface area contributed by atoms with Gasteiger partial charge in [0.2, 0.25) is 0 Å². The lowest BCUT2D eigenvalue weighted by atomic mass is 10.1. The summed E-state index contributed by atoms with van der Waals surface area (Å²) in [5.74, 6) is 1.49. The smallest absolute Gasteiger partial charge is 0.251 e. The third kappa shape index (κ3) is 4.46. The number of imidazole rings is 1. The van der Waals surface area contributed by atoms with Crippen molar-refractivity contribution in [2.75, 3.05) is 7.11 Å². The molecule has 0 bridgehead atoms. The first-order valence-corrected chi connectivity index (χ1v) is 9.25. The molecule has 1 N–H and O–H groups in total. The first-order valence-electron chi connectivity index (χ1n) is 8.26. The first kappa shape index (κ1) is 18.1. The first-order chi connectivity index (χ1) is 12.7. The van der Waals surface area contributed by atoms with Gasteiger partial charge in [0.1, 0.15) is 5.75 Å². The SMILES string of the molecule is COc1ccccc1CNC(=O)c1ccc(CSc2nccn2C)cc1. The fraction of sp³-hybridized carbons (Fsp3) is 0.200. The van der Waals surface area contributed by atoms with E-state index in [0.717, 1.165) is 27.8 Å². The Morgan fingerprint density at radius 3 is 2.65 bits per heavy atom. The van der Waals surface area contributed by atoms with Gasteiger partial charge in [0.25, 0.3) is 5.91 Å². The predicted molar refractivity (Wildman–Crippen MR) is 103 cm³/mol. The number of hydrogen-bond acceptors (Lipinski definition) is 4. The summed E-state index contributed by atoms with van der Waals surface area (Å²) in [6.45, 7) is 0.430. The number of thioether (sulfide) groups is 1. The number of aryl methyl sites for hydroxylation is 1. The maximum atomic E-state index is 12.3. The highest BCUT2D eigenvalue weighted by Gasteiger charge is 2.08. The van der Waals surface area contributed by atoms with Gasteiger partial charge in [-0.05, 0) is 23.8 Å². The van der Waals surface area contributed by atoms with Crippen LogP contribution in [0.25, 0.3) is 0 Å². The van der Waals surface area contributed by atoms with Crippen molar-refractivity contribution < 1.29 is 9.53 Å². The zero-order chi connectivity index (χ0) is 18.4. The van der Waals surface area contributed by atoms with Gasteiger partial charge >= 0.3 is 0 Å². The molecular weight excluding hydrogens is 346 g/mol. The Balaban J connectivity index is 1.56. The minimum atomic E-state index is -0.0980. The van der Waals surface area contributed by atoms with Crippen molar-refractivity contribution >= 4 is 17.7 Å². The second kappa shape index (κ2) is 8.58. The van der Waals surface area contributed by atoms with E-state index in [1.54, 1.807) is 25.1 Å². The van der Waals surface area contributed by atoms with E-state index in [2.05, 4.69) is 10.3 Å². The normalized spacial score (nSPS) is 10.5. The molecule has 0 fully saturated rings. The number of carbonyl (C=O) groups excluding carboxylic acids is 1. The third-order valence-corrected chi connectivity index (χ3v) is 5.12. The van der Waals surface area contributed by atoms with Crippen LogP contribution in [-0.4, -0.2) is 22.6 Å². The highest BCUT2D eigenvalue weighted by atomic mass is 32.2. The molecule has 0 aliphatic heterocycles. The van der Waals surface area contributed by atoms with Crippen molar-refractivity contribution in [1.29, 1.82) is 0 Å². The highest BCUT2D eigenvalue weighted by Crippen LogP contribution is 2.21. The van der Waals surface area contributed by atoms with Gasteiger partial charge in [0.05, 0.1) is 7.11 Å². The number of methoxy groups -OCH3 is 1. The van der Waals surface area contributed by atoms with Crippen LogP contribution in [0, 0.1) is 0 Å². The van der Waals surface area contributed by atoms with Crippen molar-refractivity contribution in [3.8, 4) is 5.75 Å². The number of ether oxygens (including phenoxy) is 1. The topological polar surface area (TPSA) is 56.1 Å². The van der Waals surface area contributed by atoms with Crippen molar-refractivity contribution in [3.05, 3.63) is 77.6 Å². The Bertz CT molecular complexity index is 875. The van der Waals surface area contributed by atoms with Gasteiger partial charge in [0, 0.05) is 42.9 Å². The standard InChI is InChI=1S/C20H21N3O2S/c1-23-12-11-21-20(23)26-14-15-7-9-16(10-8-15)19(24)22-13-17-5-3-4-6-18(17)25-2/h3-12H,13-14H2,1-2H3,(H,22,24). The molecule has 6 heteroatoms. The summed E-state index contributed by atoms with van der Waals surface area (Å²) in [4.78, 5) is 16.6. The Labute approximate surface area is 157 Å². The van der Waals surface area contributed by atoms with Crippen molar-refractivity contribution in [2.45, 2.75) is 17.5 Å². The highest BCUT2D eigenvalue weighted by molar-refractivity contribution is 7.98. The molecule has 0 spiro atoms. The molecule has 2 aromatic carbocycles. The van der Waals surface area contributed by atoms with Gasteiger partial charge in [-0.2, -0.15) is 0 Å². The van der Waals surface area contributed by atoms with Gasteiger partial charge in [-0.25, -0.2) is 4.98 Å². The van der Waals surface area contributed by atoms with Crippen molar-refractivity contribution in [1.82, 2.24) is 14.9 Å². The second-order valence-electron chi connectivity index (χ2n) is 5.80. The molecule has 0 radical (unpaired) electrons. The lowest BCUT2D eigenvalue weighted by molar-refractivity contribution is 0.0950. The van der Waals surface area contributed by atoms with E-state index in [4.69, 9.17) is 4.74 Å². The number of para-hydroxylation sites is 1. The van der Waals surface area contributed by atoms with Crippen LogP contribution < -0.4 is 10.1 Å². The van der Waals surface area contributed by atoms with E-state index in [0.29, 0.717) is 12.1 Å². The second-order valence-corrected chi connectivity index (χ2v) is 6.74. The molecular formula is C20H21N3O2S. The molecule has 1 heterocycles. The molecule has 0 unspecified atom stereocenters. The van der Waals surface area contributed by atoms with Crippen LogP contribution in [0.3, 0.4) is 0 Å². The van der Waals surface area contributed by atoms with Gasteiger partial charge in [-0.15, -0.1) is 0 Å². The fourth-order valence-corrected chi connectivity index (χ4v) is 3.41. The third-order valence-electron chi connectivity index (χ3n) is 3.99. The van der Waals surface area contributed by atoms with Crippen LogP contribution in [0.4, 0.5) is 0 Å². The summed E-state index contributed by atoms with van der Waals surface area (Å²) in [6, 6.07) is 15.3. The summed E-state index contributed by atoms with van der Waals surface area (Å²) in [5, 5.41) is 3.91. The van der Waals surface area contributed by atoms with Crippen LogP contribution in [0.15, 0.2) is 66.1 Å². The summed E-state index contributed by atoms with van der Waals surface area (Å²) in [7, 11) is 3.60. The zero-order valence-corrected chi connectivity index (χ0v) is 15.6.